The van der Waals surface area contributed by atoms with Crippen molar-refractivity contribution in [3.63, 3.8) is 0 Å². The van der Waals surface area contributed by atoms with Crippen molar-refractivity contribution in [3.05, 3.63) is 51.1 Å². The van der Waals surface area contributed by atoms with Crippen LogP contribution in [0.4, 0.5) is 17.5 Å². The highest BCUT2D eigenvalue weighted by Crippen LogP contribution is 2.27. The van der Waals surface area contributed by atoms with E-state index in [9.17, 15) is 9.90 Å². The van der Waals surface area contributed by atoms with Crippen molar-refractivity contribution in [2.45, 2.75) is 0 Å². The van der Waals surface area contributed by atoms with Crippen LogP contribution >= 0.6 is 23.2 Å². The van der Waals surface area contributed by atoms with Crippen molar-refractivity contribution < 1.29 is 5.11 Å². The van der Waals surface area contributed by atoms with E-state index < -0.39 is 5.69 Å². The van der Waals surface area contributed by atoms with Gasteiger partial charge in [-0.15, -0.1) is 0 Å². The van der Waals surface area contributed by atoms with E-state index in [1.54, 1.807) is 25.2 Å². The molecule has 0 spiro atoms. The molecule has 0 unspecified atom stereocenters. The average Bonchev–Trinajstić information content (AvgIpc) is 2.90. The van der Waals surface area contributed by atoms with Gasteiger partial charge in [0.15, 0.2) is 5.82 Å². The molecule has 0 aliphatic carbocycles. The molecule has 24 heavy (non-hydrogen) atoms. The van der Waals surface area contributed by atoms with E-state index in [-0.39, 0.29) is 11.8 Å². The first-order valence-electron chi connectivity index (χ1n) is 6.76. The van der Waals surface area contributed by atoms with E-state index in [0.717, 1.165) is 4.57 Å². The standard InChI is InChI=1S/C14H12Cl2N6O2/c1-17-12-10(22-11(23)6-19-14(22)24)5-18-13(21-12)20-7-2-3-8(15)9(16)4-7/h2-6,23H,1H3,(H,19,24)(H2,17,18,20,21). The Morgan fingerprint density at radius 2 is 2.08 bits per heavy atom. The molecular weight excluding hydrogens is 355 g/mol. The van der Waals surface area contributed by atoms with E-state index in [4.69, 9.17) is 23.2 Å². The molecule has 0 aliphatic heterocycles. The van der Waals surface area contributed by atoms with Gasteiger partial charge in [0, 0.05) is 12.7 Å². The summed E-state index contributed by atoms with van der Waals surface area (Å²) in [7, 11) is 1.64. The van der Waals surface area contributed by atoms with Crippen molar-refractivity contribution in [1.82, 2.24) is 19.5 Å². The number of rotatable bonds is 4. The largest absolute Gasteiger partial charge is 0.493 e. The van der Waals surface area contributed by atoms with Crippen LogP contribution in [0.2, 0.25) is 10.0 Å². The van der Waals surface area contributed by atoms with Crippen LogP contribution in [0.5, 0.6) is 5.88 Å². The summed E-state index contributed by atoms with van der Waals surface area (Å²) in [5.41, 5.74) is 0.458. The number of H-pyrrole nitrogens is 1. The quantitative estimate of drug-likeness (QED) is 0.565. The van der Waals surface area contributed by atoms with Crippen LogP contribution in [-0.2, 0) is 0 Å². The third kappa shape index (κ3) is 3.01. The van der Waals surface area contributed by atoms with Gasteiger partial charge in [-0.1, -0.05) is 23.2 Å². The van der Waals surface area contributed by atoms with Crippen LogP contribution in [0.25, 0.3) is 5.69 Å². The summed E-state index contributed by atoms with van der Waals surface area (Å²) in [6.07, 6.45) is 2.59. The highest BCUT2D eigenvalue weighted by molar-refractivity contribution is 6.42. The van der Waals surface area contributed by atoms with E-state index in [1.165, 1.54) is 12.4 Å². The molecule has 0 bridgehead atoms. The predicted octanol–water partition coefficient (Wildman–Crippen LogP) is 2.75. The lowest BCUT2D eigenvalue weighted by atomic mass is 10.3. The van der Waals surface area contributed by atoms with Crippen molar-refractivity contribution in [1.29, 1.82) is 0 Å². The molecule has 0 atom stereocenters. The molecule has 2 heterocycles. The molecule has 0 saturated heterocycles. The van der Waals surface area contributed by atoms with Crippen molar-refractivity contribution >= 4 is 40.7 Å². The van der Waals surface area contributed by atoms with Gasteiger partial charge in [0.2, 0.25) is 11.8 Å². The van der Waals surface area contributed by atoms with Gasteiger partial charge in [-0.25, -0.2) is 14.3 Å². The van der Waals surface area contributed by atoms with Gasteiger partial charge in [0.1, 0.15) is 5.69 Å². The fraction of sp³-hybridized carbons (Fsp3) is 0.0714. The molecule has 10 heteroatoms. The summed E-state index contributed by atoms with van der Waals surface area (Å²) in [4.78, 5) is 22.6. The lowest BCUT2D eigenvalue weighted by Gasteiger charge is -2.11. The molecule has 1 aromatic carbocycles. The number of nitrogens with zero attached hydrogens (tertiary/aromatic N) is 3. The first kappa shape index (κ1) is 16.2. The van der Waals surface area contributed by atoms with E-state index in [2.05, 4.69) is 25.6 Å². The molecule has 0 aliphatic rings. The van der Waals surface area contributed by atoms with E-state index in [1.807, 2.05) is 0 Å². The van der Waals surface area contributed by atoms with Gasteiger partial charge in [-0.2, -0.15) is 4.98 Å². The third-order valence-corrected chi connectivity index (χ3v) is 3.92. The molecule has 0 saturated carbocycles. The highest BCUT2D eigenvalue weighted by atomic mass is 35.5. The van der Waals surface area contributed by atoms with Crippen LogP contribution in [0.1, 0.15) is 0 Å². The van der Waals surface area contributed by atoms with Crippen molar-refractivity contribution in [3.8, 4) is 11.6 Å². The minimum atomic E-state index is -0.502. The Bertz CT molecular complexity index is 953. The minimum absolute atomic E-state index is 0.245. The number of aromatic nitrogens is 4. The molecule has 4 N–H and O–H groups in total. The van der Waals surface area contributed by atoms with Crippen LogP contribution < -0.4 is 16.3 Å². The molecule has 3 rings (SSSR count). The fourth-order valence-corrected chi connectivity index (χ4v) is 2.38. The fourth-order valence-electron chi connectivity index (χ4n) is 2.08. The van der Waals surface area contributed by atoms with Crippen molar-refractivity contribution in [2.75, 3.05) is 17.7 Å². The van der Waals surface area contributed by atoms with Crippen LogP contribution in [0.3, 0.4) is 0 Å². The maximum atomic E-state index is 11.8. The molecule has 0 radical (unpaired) electrons. The first-order chi connectivity index (χ1) is 11.5. The summed E-state index contributed by atoms with van der Waals surface area (Å²) in [5, 5.41) is 16.5. The molecule has 2 aromatic heterocycles. The number of benzene rings is 1. The zero-order valence-corrected chi connectivity index (χ0v) is 13.9. The monoisotopic (exact) mass is 366 g/mol. The summed E-state index contributed by atoms with van der Waals surface area (Å²) < 4.78 is 1.05. The molecule has 0 amide bonds. The number of nitrogens with one attached hydrogen (secondary N) is 3. The number of hydrogen-bond donors (Lipinski definition) is 4. The number of hydrogen-bond acceptors (Lipinski definition) is 6. The molecule has 0 fully saturated rings. The predicted molar refractivity (Wildman–Crippen MR) is 92.9 cm³/mol. The van der Waals surface area contributed by atoms with Crippen LogP contribution in [-0.4, -0.2) is 31.7 Å². The Kier molecular flexibility index (Phi) is 4.32. The lowest BCUT2D eigenvalue weighted by Crippen LogP contribution is -2.17. The second-order valence-electron chi connectivity index (χ2n) is 4.72. The Balaban J connectivity index is 1.97. The lowest BCUT2D eigenvalue weighted by molar-refractivity contribution is 0.441. The molecular formula is C14H12Cl2N6O2. The summed E-state index contributed by atoms with van der Waals surface area (Å²) >= 11 is 11.9. The molecule has 3 aromatic rings. The molecule has 8 nitrogen and oxygen atoms in total. The second-order valence-corrected chi connectivity index (χ2v) is 5.53. The Labute approximate surface area is 146 Å². The molecule has 124 valence electrons. The van der Waals surface area contributed by atoms with Crippen LogP contribution in [0.15, 0.2) is 35.4 Å². The number of aromatic amines is 1. The SMILES string of the molecule is CNc1nc(Nc2ccc(Cl)c(Cl)c2)ncc1-n1c(O)c[nH]c1=O. The maximum absolute atomic E-state index is 11.8. The minimum Gasteiger partial charge on any atom is -0.493 e. The zero-order chi connectivity index (χ0) is 17.3. The number of anilines is 3. The van der Waals surface area contributed by atoms with Gasteiger partial charge in [0.25, 0.3) is 0 Å². The third-order valence-electron chi connectivity index (χ3n) is 3.18. The van der Waals surface area contributed by atoms with Crippen molar-refractivity contribution in [2.24, 2.45) is 0 Å². The average molecular weight is 367 g/mol. The number of aromatic hydroxyl groups is 1. The van der Waals surface area contributed by atoms with Gasteiger partial charge in [0.05, 0.1) is 22.4 Å². The van der Waals surface area contributed by atoms with Gasteiger partial charge in [-0.3, -0.25) is 0 Å². The van der Waals surface area contributed by atoms with Gasteiger partial charge >= 0.3 is 5.69 Å². The zero-order valence-electron chi connectivity index (χ0n) is 12.3. The Hall–Kier alpha value is -2.71. The number of imidazole rings is 1. The van der Waals surface area contributed by atoms with E-state index >= 15 is 0 Å². The van der Waals surface area contributed by atoms with Gasteiger partial charge < -0.3 is 20.7 Å². The summed E-state index contributed by atoms with van der Waals surface area (Å²) in [5.74, 6) is 0.388. The first-order valence-corrected chi connectivity index (χ1v) is 7.52. The topological polar surface area (TPSA) is 108 Å². The normalized spacial score (nSPS) is 10.6. The summed E-state index contributed by atoms with van der Waals surface area (Å²) in [6.45, 7) is 0. The van der Waals surface area contributed by atoms with Crippen LogP contribution in [0, 0.1) is 0 Å². The van der Waals surface area contributed by atoms with E-state index in [0.29, 0.717) is 27.2 Å². The highest BCUT2D eigenvalue weighted by Gasteiger charge is 2.14. The summed E-state index contributed by atoms with van der Waals surface area (Å²) in [6, 6.07) is 5.02. The second kappa shape index (κ2) is 6.42. The Morgan fingerprint density at radius 3 is 2.71 bits per heavy atom. The smallest absolute Gasteiger partial charge is 0.333 e. The Morgan fingerprint density at radius 1 is 1.29 bits per heavy atom. The maximum Gasteiger partial charge on any atom is 0.333 e. The number of halogens is 2. The van der Waals surface area contributed by atoms with Gasteiger partial charge in [-0.05, 0) is 18.2 Å².